The van der Waals surface area contributed by atoms with Gasteiger partial charge in [-0.3, -0.25) is 4.90 Å². The maximum absolute atomic E-state index is 3.31. The summed E-state index contributed by atoms with van der Waals surface area (Å²) in [5.74, 6) is 0.840. The number of likely N-dealkylation sites (N-methyl/N-ethyl adjacent to an activating group) is 1. The van der Waals surface area contributed by atoms with Crippen LogP contribution in [0.1, 0.15) is 39.5 Å². The van der Waals surface area contributed by atoms with Crippen LogP contribution in [0.25, 0.3) is 0 Å². The van der Waals surface area contributed by atoms with Crippen LogP contribution >= 0.6 is 0 Å². The standard InChI is InChI=1S/C12H26N2/c1-11(2)7-9-14-8-5-4-6-12(14)10-13-3/h11-13H,4-10H2,1-3H3. The van der Waals surface area contributed by atoms with Gasteiger partial charge in [0.1, 0.15) is 0 Å². The molecule has 1 saturated heterocycles. The molecule has 1 aliphatic heterocycles. The quantitative estimate of drug-likeness (QED) is 0.728. The molecule has 1 atom stereocenters. The van der Waals surface area contributed by atoms with Crippen LogP contribution in [0.3, 0.4) is 0 Å². The molecule has 1 aliphatic rings. The monoisotopic (exact) mass is 198 g/mol. The molecule has 14 heavy (non-hydrogen) atoms. The van der Waals surface area contributed by atoms with E-state index in [-0.39, 0.29) is 0 Å². The fourth-order valence-electron chi connectivity index (χ4n) is 2.25. The van der Waals surface area contributed by atoms with Gasteiger partial charge in [0.2, 0.25) is 0 Å². The Bertz CT molecular complexity index is 143. The van der Waals surface area contributed by atoms with Crippen molar-refractivity contribution in [3.63, 3.8) is 0 Å². The number of nitrogens with one attached hydrogen (secondary N) is 1. The van der Waals surface area contributed by atoms with E-state index in [1.165, 1.54) is 38.8 Å². The van der Waals surface area contributed by atoms with Crippen molar-refractivity contribution in [2.24, 2.45) is 5.92 Å². The smallest absolute Gasteiger partial charge is 0.0220 e. The van der Waals surface area contributed by atoms with Crippen LogP contribution in [0.2, 0.25) is 0 Å². The molecule has 0 radical (unpaired) electrons. The molecule has 0 aromatic rings. The lowest BCUT2D eigenvalue weighted by Crippen LogP contribution is -2.45. The zero-order chi connectivity index (χ0) is 10.4. The predicted octanol–water partition coefficient (Wildman–Crippen LogP) is 2.11. The Labute approximate surface area is 89.1 Å². The summed E-state index contributed by atoms with van der Waals surface area (Å²) in [5, 5.41) is 3.31. The van der Waals surface area contributed by atoms with E-state index in [1.807, 2.05) is 0 Å². The minimum absolute atomic E-state index is 0.799. The minimum atomic E-state index is 0.799. The van der Waals surface area contributed by atoms with Crippen molar-refractivity contribution < 1.29 is 0 Å². The molecule has 0 aromatic carbocycles. The fourth-order valence-corrected chi connectivity index (χ4v) is 2.25. The van der Waals surface area contributed by atoms with E-state index in [0.717, 1.165) is 18.5 Å². The summed E-state index contributed by atoms with van der Waals surface area (Å²) in [6, 6.07) is 0.799. The van der Waals surface area contributed by atoms with Crippen LogP contribution in [0.5, 0.6) is 0 Å². The summed E-state index contributed by atoms with van der Waals surface area (Å²) in [6.07, 6.45) is 5.56. The van der Waals surface area contributed by atoms with Crippen molar-refractivity contribution in [3.05, 3.63) is 0 Å². The Hall–Kier alpha value is -0.0800. The molecule has 0 spiro atoms. The van der Waals surface area contributed by atoms with Crippen molar-refractivity contribution in [3.8, 4) is 0 Å². The van der Waals surface area contributed by atoms with Gasteiger partial charge < -0.3 is 5.32 Å². The summed E-state index contributed by atoms with van der Waals surface area (Å²) in [6.45, 7) is 8.41. The molecule has 1 unspecified atom stereocenters. The second-order valence-corrected chi connectivity index (χ2v) is 4.93. The number of piperidine rings is 1. The number of likely N-dealkylation sites (tertiary alicyclic amines) is 1. The molecule has 0 bridgehead atoms. The average molecular weight is 198 g/mol. The first-order valence-corrected chi connectivity index (χ1v) is 6.12. The third kappa shape index (κ3) is 3.97. The highest BCUT2D eigenvalue weighted by Crippen LogP contribution is 2.17. The fraction of sp³-hybridized carbons (Fsp3) is 1.00. The van der Waals surface area contributed by atoms with Gasteiger partial charge in [-0.2, -0.15) is 0 Å². The van der Waals surface area contributed by atoms with Gasteiger partial charge >= 0.3 is 0 Å². The highest BCUT2D eigenvalue weighted by atomic mass is 15.2. The zero-order valence-electron chi connectivity index (χ0n) is 10.1. The van der Waals surface area contributed by atoms with E-state index in [4.69, 9.17) is 0 Å². The second kappa shape index (κ2) is 6.41. The maximum atomic E-state index is 3.31. The van der Waals surface area contributed by atoms with Gasteiger partial charge in [0, 0.05) is 12.6 Å². The minimum Gasteiger partial charge on any atom is -0.318 e. The van der Waals surface area contributed by atoms with Crippen LogP contribution < -0.4 is 5.32 Å². The molecule has 2 heteroatoms. The number of nitrogens with zero attached hydrogens (tertiary/aromatic N) is 1. The van der Waals surface area contributed by atoms with Crippen LogP contribution in [0, 0.1) is 5.92 Å². The molecule has 1 heterocycles. The first kappa shape index (κ1) is 12.0. The molecular weight excluding hydrogens is 172 g/mol. The lowest BCUT2D eigenvalue weighted by molar-refractivity contribution is 0.140. The molecule has 0 aliphatic carbocycles. The zero-order valence-corrected chi connectivity index (χ0v) is 10.1. The Morgan fingerprint density at radius 2 is 2.14 bits per heavy atom. The lowest BCUT2D eigenvalue weighted by Gasteiger charge is -2.36. The van der Waals surface area contributed by atoms with Crippen molar-refractivity contribution in [2.45, 2.75) is 45.6 Å². The Balaban J connectivity index is 2.30. The lowest BCUT2D eigenvalue weighted by atomic mass is 10.0. The molecule has 0 saturated carbocycles. The van der Waals surface area contributed by atoms with E-state index in [2.05, 4.69) is 31.1 Å². The highest BCUT2D eigenvalue weighted by Gasteiger charge is 2.20. The number of rotatable bonds is 5. The first-order chi connectivity index (χ1) is 6.74. The van der Waals surface area contributed by atoms with Crippen molar-refractivity contribution in [1.29, 1.82) is 0 Å². The molecule has 1 fully saturated rings. The first-order valence-electron chi connectivity index (χ1n) is 6.12. The normalized spacial score (nSPS) is 24.4. The van der Waals surface area contributed by atoms with Crippen LogP contribution in [0.4, 0.5) is 0 Å². The maximum Gasteiger partial charge on any atom is 0.0220 e. The molecular formula is C12H26N2. The van der Waals surface area contributed by atoms with Gasteiger partial charge in [0.15, 0.2) is 0 Å². The Kier molecular flexibility index (Phi) is 5.49. The molecule has 0 aromatic heterocycles. The van der Waals surface area contributed by atoms with Crippen LogP contribution in [-0.4, -0.2) is 37.6 Å². The summed E-state index contributed by atoms with van der Waals surface area (Å²) >= 11 is 0. The molecule has 1 N–H and O–H groups in total. The average Bonchev–Trinajstić information content (AvgIpc) is 2.17. The third-order valence-corrected chi connectivity index (χ3v) is 3.18. The van der Waals surface area contributed by atoms with Crippen molar-refractivity contribution in [1.82, 2.24) is 10.2 Å². The third-order valence-electron chi connectivity index (χ3n) is 3.18. The molecule has 0 amide bonds. The Morgan fingerprint density at radius 1 is 1.36 bits per heavy atom. The summed E-state index contributed by atoms with van der Waals surface area (Å²) < 4.78 is 0. The topological polar surface area (TPSA) is 15.3 Å². The Morgan fingerprint density at radius 3 is 2.79 bits per heavy atom. The van der Waals surface area contributed by atoms with E-state index in [9.17, 15) is 0 Å². The highest BCUT2D eigenvalue weighted by molar-refractivity contribution is 4.78. The second-order valence-electron chi connectivity index (χ2n) is 4.93. The number of hydrogen-bond donors (Lipinski definition) is 1. The number of hydrogen-bond acceptors (Lipinski definition) is 2. The molecule has 84 valence electrons. The van der Waals surface area contributed by atoms with Crippen LogP contribution in [0.15, 0.2) is 0 Å². The molecule has 1 rings (SSSR count). The SMILES string of the molecule is CNCC1CCCCN1CCC(C)C. The summed E-state index contributed by atoms with van der Waals surface area (Å²) in [4.78, 5) is 2.68. The van der Waals surface area contributed by atoms with E-state index >= 15 is 0 Å². The van der Waals surface area contributed by atoms with E-state index in [0.29, 0.717) is 0 Å². The molecule has 2 nitrogen and oxygen atoms in total. The van der Waals surface area contributed by atoms with Gasteiger partial charge in [-0.25, -0.2) is 0 Å². The van der Waals surface area contributed by atoms with Crippen molar-refractivity contribution >= 4 is 0 Å². The van der Waals surface area contributed by atoms with Gasteiger partial charge in [0.05, 0.1) is 0 Å². The van der Waals surface area contributed by atoms with Gasteiger partial charge in [-0.1, -0.05) is 20.3 Å². The van der Waals surface area contributed by atoms with Crippen LogP contribution in [-0.2, 0) is 0 Å². The van der Waals surface area contributed by atoms with Crippen molar-refractivity contribution in [2.75, 3.05) is 26.7 Å². The predicted molar refractivity (Wildman–Crippen MR) is 62.6 cm³/mol. The summed E-state index contributed by atoms with van der Waals surface area (Å²) in [7, 11) is 2.06. The van der Waals surface area contributed by atoms with E-state index in [1.54, 1.807) is 0 Å². The van der Waals surface area contributed by atoms with Gasteiger partial charge in [-0.05, 0) is 45.3 Å². The largest absolute Gasteiger partial charge is 0.318 e. The van der Waals surface area contributed by atoms with Gasteiger partial charge in [0.25, 0.3) is 0 Å². The van der Waals surface area contributed by atoms with Gasteiger partial charge in [-0.15, -0.1) is 0 Å². The summed E-state index contributed by atoms with van der Waals surface area (Å²) in [5.41, 5.74) is 0. The van der Waals surface area contributed by atoms with E-state index < -0.39 is 0 Å².